The van der Waals surface area contributed by atoms with Gasteiger partial charge in [0, 0.05) is 31.9 Å². The summed E-state index contributed by atoms with van der Waals surface area (Å²) in [5.74, 6) is 1.18. The van der Waals surface area contributed by atoms with Crippen molar-refractivity contribution in [1.29, 1.82) is 0 Å². The van der Waals surface area contributed by atoms with Crippen LogP contribution in [0.5, 0.6) is 0 Å². The Morgan fingerprint density at radius 3 is 3.12 bits per heavy atom. The summed E-state index contributed by atoms with van der Waals surface area (Å²) in [5.41, 5.74) is 0.957. The second kappa shape index (κ2) is 8.49. The first kappa shape index (κ1) is 14.5. The molecule has 1 aromatic rings. The molecule has 0 saturated carbocycles. The Morgan fingerprint density at radius 1 is 1.59 bits per heavy atom. The van der Waals surface area contributed by atoms with Crippen molar-refractivity contribution in [2.45, 2.75) is 38.9 Å². The third kappa shape index (κ3) is 6.05. The molecular formula is C11H22N4OS. The van der Waals surface area contributed by atoms with Gasteiger partial charge in [-0.1, -0.05) is 5.21 Å². The van der Waals surface area contributed by atoms with Crippen LogP contribution in [0.2, 0.25) is 0 Å². The zero-order valence-corrected chi connectivity index (χ0v) is 11.4. The molecule has 17 heavy (non-hydrogen) atoms. The quantitative estimate of drug-likeness (QED) is 0.689. The summed E-state index contributed by atoms with van der Waals surface area (Å²) in [4.78, 5) is 0. The van der Waals surface area contributed by atoms with E-state index in [9.17, 15) is 0 Å². The third-order valence-corrected chi connectivity index (χ3v) is 3.16. The molecule has 0 aliphatic carbocycles. The third-order valence-electron chi connectivity index (χ3n) is 2.52. The summed E-state index contributed by atoms with van der Waals surface area (Å²) in [5, 5.41) is 20.2. The Balaban J connectivity index is 2.24. The van der Waals surface area contributed by atoms with Gasteiger partial charge in [0.25, 0.3) is 0 Å². The van der Waals surface area contributed by atoms with Gasteiger partial charge in [0.05, 0.1) is 5.69 Å². The number of hydrogen-bond donors (Lipinski definition) is 2. The lowest BCUT2D eigenvalue weighted by Gasteiger charge is -2.11. The fourth-order valence-electron chi connectivity index (χ4n) is 1.44. The van der Waals surface area contributed by atoms with Gasteiger partial charge >= 0.3 is 0 Å². The van der Waals surface area contributed by atoms with Crippen molar-refractivity contribution in [3.8, 4) is 0 Å². The van der Waals surface area contributed by atoms with E-state index in [1.807, 2.05) is 18.0 Å². The Bertz CT molecular complexity index is 305. The van der Waals surface area contributed by atoms with Gasteiger partial charge in [-0.2, -0.15) is 11.8 Å². The first-order valence-electron chi connectivity index (χ1n) is 5.98. The average molecular weight is 258 g/mol. The number of aromatic nitrogens is 3. The van der Waals surface area contributed by atoms with E-state index in [0.29, 0.717) is 6.04 Å². The van der Waals surface area contributed by atoms with E-state index in [4.69, 9.17) is 5.11 Å². The second-order valence-electron chi connectivity index (χ2n) is 4.11. The Morgan fingerprint density at radius 2 is 2.41 bits per heavy atom. The maximum Gasteiger partial charge on any atom is 0.0964 e. The molecule has 1 aromatic heterocycles. The van der Waals surface area contributed by atoms with Gasteiger partial charge in [-0.05, 0) is 31.8 Å². The predicted molar refractivity (Wildman–Crippen MR) is 71.0 cm³/mol. The lowest BCUT2D eigenvalue weighted by atomic mass is 10.2. The minimum Gasteiger partial charge on any atom is -0.396 e. The largest absolute Gasteiger partial charge is 0.396 e. The molecule has 6 heteroatoms. The summed E-state index contributed by atoms with van der Waals surface area (Å²) < 4.78 is 1.78. The number of aliphatic hydroxyl groups excluding tert-OH is 1. The fraction of sp³-hybridized carbons (Fsp3) is 0.818. The molecular weight excluding hydrogens is 236 g/mol. The summed E-state index contributed by atoms with van der Waals surface area (Å²) in [7, 11) is 0. The van der Waals surface area contributed by atoms with E-state index >= 15 is 0 Å². The van der Waals surface area contributed by atoms with E-state index in [1.165, 1.54) is 12.2 Å². The number of thioether (sulfide) groups is 1. The fourth-order valence-corrected chi connectivity index (χ4v) is 2.03. The Labute approximate surface area is 107 Å². The summed E-state index contributed by atoms with van der Waals surface area (Å²) in [6.07, 6.45) is 5.95. The van der Waals surface area contributed by atoms with Crippen molar-refractivity contribution < 1.29 is 5.11 Å². The number of rotatable bonds is 9. The Kier molecular flexibility index (Phi) is 7.23. The van der Waals surface area contributed by atoms with Crippen LogP contribution in [0.3, 0.4) is 0 Å². The highest BCUT2D eigenvalue weighted by molar-refractivity contribution is 7.98. The molecule has 0 fully saturated rings. The molecule has 0 aromatic carbocycles. The minimum atomic E-state index is 0.194. The van der Waals surface area contributed by atoms with Crippen molar-refractivity contribution >= 4 is 11.8 Å². The zero-order valence-electron chi connectivity index (χ0n) is 10.6. The first-order valence-corrected chi connectivity index (χ1v) is 7.38. The second-order valence-corrected chi connectivity index (χ2v) is 5.10. The van der Waals surface area contributed by atoms with E-state index in [1.54, 1.807) is 4.68 Å². The molecule has 0 radical (unpaired) electrons. The molecule has 0 bridgehead atoms. The SMILES string of the molecule is CSCCC(C)NCc1cn(CCCO)nn1. The van der Waals surface area contributed by atoms with E-state index in [0.717, 1.165) is 25.2 Å². The molecule has 1 heterocycles. The molecule has 2 N–H and O–H groups in total. The molecule has 0 aliphatic rings. The van der Waals surface area contributed by atoms with Gasteiger partial charge < -0.3 is 10.4 Å². The van der Waals surface area contributed by atoms with E-state index < -0.39 is 0 Å². The van der Waals surface area contributed by atoms with Crippen LogP contribution in [0, 0.1) is 0 Å². The van der Waals surface area contributed by atoms with Gasteiger partial charge in [-0.25, -0.2) is 0 Å². The van der Waals surface area contributed by atoms with E-state index in [-0.39, 0.29) is 6.61 Å². The molecule has 5 nitrogen and oxygen atoms in total. The zero-order chi connectivity index (χ0) is 12.5. The molecule has 0 amide bonds. The standard InChI is InChI=1S/C11H22N4OS/c1-10(4-7-17-2)12-8-11-9-15(14-13-11)5-3-6-16/h9-10,12,16H,3-8H2,1-2H3. The number of hydrogen-bond acceptors (Lipinski definition) is 5. The number of nitrogens with one attached hydrogen (secondary N) is 1. The van der Waals surface area contributed by atoms with Crippen LogP contribution in [0.4, 0.5) is 0 Å². The normalized spacial score (nSPS) is 12.9. The van der Waals surface area contributed by atoms with Crippen LogP contribution in [-0.4, -0.2) is 44.8 Å². The maximum absolute atomic E-state index is 8.72. The lowest BCUT2D eigenvalue weighted by molar-refractivity contribution is 0.276. The molecule has 1 rings (SSSR count). The maximum atomic E-state index is 8.72. The molecule has 0 saturated heterocycles. The van der Waals surface area contributed by atoms with Gasteiger partial charge in [0.1, 0.15) is 0 Å². The highest BCUT2D eigenvalue weighted by Gasteiger charge is 2.04. The van der Waals surface area contributed by atoms with Gasteiger partial charge in [0.2, 0.25) is 0 Å². The van der Waals surface area contributed by atoms with Crippen LogP contribution in [0.1, 0.15) is 25.5 Å². The average Bonchev–Trinajstić information content (AvgIpc) is 2.79. The minimum absolute atomic E-state index is 0.194. The van der Waals surface area contributed by atoms with Crippen LogP contribution < -0.4 is 5.32 Å². The van der Waals surface area contributed by atoms with E-state index in [2.05, 4.69) is 28.8 Å². The van der Waals surface area contributed by atoms with Crippen LogP contribution in [-0.2, 0) is 13.1 Å². The van der Waals surface area contributed by atoms with Gasteiger partial charge in [-0.3, -0.25) is 4.68 Å². The van der Waals surface area contributed by atoms with Gasteiger partial charge in [-0.15, -0.1) is 5.10 Å². The number of aryl methyl sites for hydroxylation is 1. The molecule has 1 unspecified atom stereocenters. The highest BCUT2D eigenvalue weighted by atomic mass is 32.2. The predicted octanol–water partition coefficient (Wildman–Crippen LogP) is 0.892. The molecule has 1 atom stereocenters. The lowest BCUT2D eigenvalue weighted by Crippen LogP contribution is -2.26. The topological polar surface area (TPSA) is 63.0 Å². The van der Waals surface area contributed by atoms with Crippen molar-refractivity contribution in [3.63, 3.8) is 0 Å². The van der Waals surface area contributed by atoms with Crippen molar-refractivity contribution in [3.05, 3.63) is 11.9 Å². The van der Waals surface area contributed by atoms with Crippen molar-refractivity contribution in [2.24, 2.45) is 0 Å². The van der Waals surface area contributed by atoms with Crippen molar-refractivity contribution in [1.82, 2.24) is 20.3 Å². The van der Waals surface area contributed by atoms with Crippen LogP contribution in [0.15, 0.2) is 6.20 Å². The summed E-state index contributed by atoms with van der Waals surface area (Å²) >= 11 is 1.87. The van der Waals surface area contributed by atoms with Crippen LogP contribution >= 0.6 is 11.8 Å². The van der Waals surface area contributed by atoms with Crippen LogP contribution in [0.25, 0.3) is 0 Å². The Hall–Kier alpha value is -0.590. The molecule has 98 valence electrons. The van der Waals surface area contributed by atoms with Gasteiger partial charge in [0.15, 0.2) is 0 Å². The first-order chi connectivity index (χ1) is 8.26. The summed E-state index contributed by atoms with van der Waals surface area (Å²) in [6, 6.07) is 0.505. The summed E-state index contributed by atoms with van der Waals surface area (Å²) in [6.45, 7) is 3.87. The molecule has 0 spiro atoms. The van der Waals surface area contributed by atoms with Crippen molar-refractivity contribution in [2.75, 3.05) is 18.6 Å². The smallest absolute Gasteiger partial charge is 0.0964 e. The number of nitrogens with zero attached hydrogens (tertiary/aromatic N) is 3. The number of aliphatic hydroxyl groups is 1. The highest BCUT2D eigenvalue weighted by Crippen LogP contribution is 2.01. The molecule has 0 aliphatic heterocycles. The monoisotopic (exact) mass is 258 g/mol.